The highest BCUT2D eigenvalue weighted by molar-refractivity contribution is 7.91. The van der Waals surface area contributed by atoms with Crippen LogP contribution in [0, 0.1) is 0 Å². The predicted octanol–water partition coefficient (Wildman–Crippen LogP) is 2.81. The molecule has 1 fully saturated rings. The molecule has 3 heterocycles. The molecule has 0 aliphatic carbocycles. The summed E-state index contributed by atoms with van der Waals surface area (Å²) in [5.41, 5.74) is 2.19. The molecule has 0 saturated carbocycles. The van der Waals surface area contributed by atoms with Crippen molar-refractivity contribution in [2.24, 2.45) is 0 Å². The number of hydrogen-bond donors (Lipinski definition) is 0. The van der Waals surface area contributed by atoms with Crippen LogP contribution in [0.4, 0.5) is 0 Å². The highest BCUT2D eigenvalue weighted by Crippen LogP contribution is 2.35. The molecule has 3 aromatic rings. The summed E-state index contributed by atoms with van der Waals surface area (Å²) in [6, 6.07) is 10.7. The molecule has 0 radical (unpaired) electrons. The molecule has 8 heteroatoms. The number of hydrogen-bond acceptors (Lipinski definition) is 7. The van der Waals surface area contributed by atoms with Gasteiger partial charge >= 0.3 is 0 Å². The van der Waals surface area contributed by atoms with Crippen LogP contribution in [0.15, 0.2) is 51.9 Å². The Hall–Kier alpha value is -2.84. The lowest BCUT2D eigenvalue weighted by molar-refractivity contribution is 0.0649. The molecule has 0 spiro atoms. The normalized spacial score (nSPS) is 20.6. The van der Waals surface area contributed by atoms with Crippen molar-refractivity contribution in [1.82, 2.24) is 4.90 Å². The van der Waals surface area contributed by atoms with Crippen LogP contribution in [0.25, 0.3) is 22.1 Å². The van der Waals surface area contributed by atoms with Crippen LogP contribution in [0.3, 0.4) is 0 Å². The van der Waals surface area contributed by atoms with Crippen LogP contribution in [-0.2, 0) is 16.4 Å². The zero-order valence-corrected chi connectivity index (χ0v) is 17.3. The second-order valence-corrected chi connectivity index (χ2v) is 9.90. The standard InChI is InChI=1S/C22H21NO6S/c1-27-19-5-3-2-4-15(19)18-11-28-22-16(21(18)24)6-7-20-17(22)10-23(13-29-20)14-8-9-30(25,26)12-14/h2-7,11,14H,8-10,12-13H2,1H3. The summed E-state index contributed by atoms with van der Waals surface area (Å²) in [6.07, 6.45) is 2.05. The molecular formula is C22H21NO6S. The first-order chi connectivity index (χ1) is 14.5. The van der Waals surface area contributed by atoms with Crippen LogP contribution in [0.1, 0.15) is 12.0 Å². The minimum Gasteiger partial charge on any atom is -0.496 e. The van der Waals surface area contributed by atoms with Crippen LogP contribution < -0.4 is 14.9 Å². The topological polar surface area (TPSA) is 86.1 Å². The lowest BCUT2D eigenvalue weighted by Crippen LogP contribution is -2.41. The molecule has 7 nitrogen and oxygen atoms in total. The molecule has 2 aromatic carbocycles. The number of ether oxygens (including phenoxy) is 2. The Kier molecular flexibility index (Phi) is 4.56. The van der Waals surface area contributed by atoms with E-state index in [1.807, 2.05) is 23.1 Å². The van der Waals surface area contributed by atoms with Crippen molar-refractivity contribution in [3.63, 3.8) is 0 Å². The Morgan fingerprint density at radius 3 is 2.73 bits per heavy atom. The summed E-state index contributed by atoms with van der Waals surface area (Å²) >= 11 is 0. The van der Waals surface area contributed by atoms with Crippen molar-refractivity contribution < 1.29 is 22.3 Å². The number of sulfone groups is 1. The number of methoxy groups -OCH3 is 1. The zero-order valence-electron chi connectivity index (χ0n) is 16.5. The van der Waals surface area contributed by atoms with Gasteiger partial charge in [0.05, 0.1) is 35.1 Å². The van der Waals surface area contributed by atoms with Gasteiger partial charge in [0, 0.05) is 18.2 Å². The highest BCUT2D eigenvalue weighted by Gasteiger charge is 2.35. The maximum absolute atomic E-state index is 13.3. The van der Waals surface area contributed by atoms with E-state index in [1.165, 1.54) is 6.26 Å². The first-order valence-corrected chi connectivity index (χ1v) is 11.6. The van der Waals surface area contributed by atoms with Gasteiger partial charge in [-0.15, -0.1) is 0 Å². The fraction of sp³-hybridized carbons (Fsp3) is 0.318. The van der Waals surface area contributed by atoms with Gasteiger partial charge in [-0.3, -0.25) is 9.69 Å². The average molecular weight is 427 g/mol. The van der Waals surface area contributed by atoms with E-state index in [-0.39, 0.29) is 23.0 Å². The summed E-state index contributed by atoms with van der Waals surface area (Å²) in [5, 5.41) is 0.460. The highest BCUT2D eigenvalue weighted by atomic mass is 32.2. The van der Waals surface area contributed by atoms with E-state index in [4.69, 9.17) is 13.9 Å². The second-order valence-electron chi connectivity index (χ2n) is 7.67. The van der Waals surface area contributed by atoms with Gasteiger partial charge in [0.2, 0.25) is 5.43 Å². The zero-order chi connectivity index (χ0) is 20.9. The van der Waals surface area contributed by atoms with Gasteiger partial charge in [0.15, 0.2) is 9.84 Å². The lowest BCUT2D eigenvalue weighted by Gasteiger charge is -2.33. The molecule has 5 rings (SSSR count). The van der Waals surface area contributed by atoms with Crippen LogP contribution in [-0.4, -0.2) is 44.7 Å². The molecule has 1 saturated heterocycles. The predicted molar refractivity (Wildman–Crippen MR) is 113 cm³/mol. The van der Waals surface area contributed by atoms with E-state index in [1.54, 1.807) is 25.3 Å². The number of rotatable bonds is 3. The fourth-order valence-corrected chi connectivity index (χ4v) is 6.04. The minimum atomic E-state index is -3.00. The average Bonchev–Trinajstić information content (AvgIpc) is 3.13. The van der Waals surface area contributed by atoms with Gasteiger partial charge in [-0.25, -0.2) is 8.42 Å². The van der Waals surface area contributed by atoms with E-state index in [0.29, 0.717) is 53.3 Å². The lowest BCUT2D eigenvalue weighted by atomic mass is 10.0. The Balaban J connectivity index is 1.57. The molecule has 0 N–H and O–H groups in total. The molecule has 2 aliphatic heterocycles. The Morgan fingerprint density at radius 2 is 1.97 bits per heavy atom. The van der Waals surface area contributed by atoms with E-state index >= 15 is 0 Å². The Morgan fingerprint density at radius 1 is 1.13 bits per heavy atom. The quantitative estimate of drug-likeness (QED) is 0.635. The SMILES string of the molecule is COc1ccccc1-c1coc2c3c(ccc2c1=O)OCN(C1CCS(=O)(=O)C1)C3. The summed E-state index contributed by atoms with van der Waals surface area (Å²) in [6.45, 7) is 0.798. The maximum atomic E-state index is 13.3. The van der Waals surface area contributed by atoms with Gasteiger partial charge in [-0.1, -0.05) is 18.2 Å². The van der Waals surface area contributed by atoms with Gasteiger partial charge < -0.3 is 13.9 Å². The number of fused-ring (bicyclic) bond motifs is 3. The summed E-state index contributed by atoms with van der Waals surface area (Å²) in [5.74, 6) is 1.60. The minimum absolute atomic E-state index is 0.0852. The Labute approximate surface area is 173 Å². The van der Waals surface area contributed by atoms with Crippen molar-refractivity contribution in [2.45, 2.75) is 19.0 Å². The largest absolute Gasteiger partial charge is 0.496 e. The van der Waals surface area contributed by atoms with Gasteiger partial charge in [0.1, 0.15) is 30.1 Å². The first-order valence-electron chi connectivity index (χ1n) is 9.75. The third-order valence-electron chi connectivity index (χ3n) is 5.87. The van der Waals surface area contributed by atoms with Crippen molar-refractivity contribution in [1.29, 1.82) is 0 Å². The molecular weight excluding hydrogens is 406 g/mol. The molecule has 0 bridgehead atoms. The summed E-state index contributed by atoms with van der Waals surface area (Å²) in [4.78, 5) is 15.3. The molecule has 2 aliphatic rings. The van der Waals surface area contributed by atoms with Gasteiger partial charge in [0.25, 0.3) is 0 Å². The van der Waals surface area contributed by atoms with Gasteiger partial charge in [-0.05, 0) is 24.6 Å². The third-order valence-corrected chi connectivity index (χ3v) is 7.62. The monoisotopic (exact) mass is 427 g/mol. The smallest absolute Gasteiger partial charge is 0.200 e. The van der Waals surface area contributed by atoms with E-state index < -0.39 is 9.84 Å². The molecule has 1 atom stereocenters. The van der Waals surface area contributed by atoms with Gasteiger partial charge in [-0.2, -0.15) is 0 Å². The van der Waals surface area contributed by atoms with Crippen molar-refractivity contribution in [3.8, 4) is 22.6 Å². The molecule has 1 unspecified atom stereocenters. The first kappa shape index (κ1) is 19.1. The molecule has 156 valence electrons. The van der Waals surface area contributed by atoms with E-state index in [0.717, 1.165) is 5.56 Å². The van der Waals surface area contributed by atoms with E-state index in [9.17, 15) is 13.2 Å². The molecule has 30 heavy (non-hydrogen) atoms. The van der Waals surface area contributed by atoms with Crippen LogP contribution in [0.2, 0.25) is 0 Å². The fourth-order valence-electron chi connectivity index (χ4n) is 4.28. The van der Waals surface area contributed by atoms with Crippen LogP contribution >= 0.6 is 0 Å². The number of benzene rings is 2. The molecule has 1 aromatic heterocycles. The summed E-state index contributed by atoms with van der Waals surface area (Å²) < 4.78 is 40.9. The molecule has 0 amide bonds. The van der Waals surface area contributed by atoms with Crippen molar-refractivity contribution in [3.05, 3.63) is 58.4 Å². The van der Waals surface area contributed by atoms with Crippen LogP contribution in [0.5, 0.6) is 11.5 Å². The Bertz CT molecular complexity index is 1300. The number of nitrogens with zero attached hydrogens (tertiary/aromatic N) is 1. The van der Waals surface area contributed by atoms with Crippen molar-refractivity contribution >= 4 is 20.8 Å². The summed E-state index contributed by atoms with van der Waals surface area (Å²) in [7, 11) is -1.43. The van der Waals surface area contributed by atoms with Crippen molar-refractivity contribution in [2.75, 3.05) is 25.3 Å². The number of para-hydroxylation sites is 1. The third kappa shape index (κ3) is 3.16. The maximum Gasteiger partial charge on any atom is 0.200 e. The van der Waals surface area contributed by atoms with E-state index in [2.05, 4.69) is 0 Å². The second kappa shape index (κ2) is 7.14.